The number of para-hydroxylation sites is 4. The Balaban J connectivity index is 1.21. The lowest BCUT2D eigenvalue weighted by Gasteiger charge is -2.40. The molecule has 4 aliphatic heterocycles. The van der Waals surface area contributed by atoms with Gasteiger partial charge in [0.25, 0.3) is 0 Å². The van der Waals surface area contributed by atoms with Crippen molar-refractivity contribution < 1.29 is 9.47 Å². The fraction of sp³-hybridized carbons (Fsp3) is 0. The first-order valence-electron chi connectivity index (χ1n) is 16.5. The molecule has 0 radical (unpaired) electrons. The van der Waals surface area contributed by atoms with Gasteiger partial charge in [0.15, 0.2) is 0 Å². The lowest BCUT2D eigenvalue weighted by atomic mass is 10.1. The maximum Gasteiger partial charge on any atom is 0.425 e. The zero-order valence-electron chi connectivity index (χ0n) is 25.6. The van der Waals surface area contributed by atoms with Crippen molar-refractivity contribution in [1.29, 1.82) is 0 Å². The average molecular weight is 644 g/mol. The van der Waals surface area contributed by atoms with Crippen LogP contribution in [0.1, 0.15) is 0 Å². The predicted octanol–water partition coefficient (Wildman–Crippen LogP) is 5.52. The summed E-state index contributed by atoms with van der Waals surface area (Å²) in [7, 11) is 0. The van der Waals surface area contributed by atoms with Crippen molar-refractivity contribution in [2.24, 2.45) is 0 Å². The van der Waals surface area contributed by atoms with Crippen molar-refractivity contribution in [3.05, 3.63) is 140 Å². The summed E-state index contributed by atoms with van der Waals surface area (Å²) >= 11 is -4.06. The van der Waals surface area contributed by atoms with Crippen LogP contribution in [0.4, 0.5) is 17.1 Å². The Bertz CT molecular complexity index is 2720. The Kier molecular flexibility index (Phi) is 4.94. The summed E-state index contributed by atoms with van der Waals surface area (Å²) in [5.41, 5.74) is 7.39. The molecule has 2 aromatic heterocycles. The molecule has 6 aromatic carbocycles. The third-order valence-electron chi connectivity index (χ3n) is 10.7. The van der Waals surface area contributed by atoms with Crippen LogP contribution in [0.5, 0.6) is 23.1 Å². The summed E-state index contributed by atoms with van der Waals surface area (Å²) in [4.78, 5) is 8.14. The summed E-state index contributed by atoms with van der Waals surface area (Å²) in [5, 5.41) is 2.60. The van der Waals surface area contributed by atoms with E-state index in [1.54, 1.807) is 0 Å². The van der Waals surface area contributed by atoms with E-state index in [0.717, 1.165) is 33.4 Å². The van der Waals surface area contributed by atoms with Crippen LogP contribution in [0.25, 0.3) is 27.5 Å². The van der Waals surface area contributed by atoms with Gasteiger partial charge in [0.2, 0.25) is 5.88 Å². The molecule has 6 heterocycles. The molecular formula is C41H23Al2N3O2. The summed E-state index contributed by atoms with van der Waals surface area (Å²) in [6.45, 7) is 0. The van der Waals surface area contributed by atoms with Gasteiger partial charge in [0.05, 0.1) is 11.2 Å². The van der Waals surface area contributed by atoms with Gasteiger partial charge in [-0.15, -0.1) is 0 Å². The van der Waals surface area contributed by atoms with Crippen molar-refractivity contribution in [2.75, 3.05) is 4.90 Å². The van der Waals surface area contributed by atoms with E-state index in [1.165, 1.54) is 61.0 Å². The number of nitrogens with zero attached hydrogens (tertiary/aromatic N) is 3. The number of hydrogen-bond donors (Lipinski definition) is 0. The monoisotopic (exact) mass is 643 g/mol. The van der Waals surface area contributed by atoms with Crippen LogP contribution >= 0.6 is 0 Å². The van der Waals surface area contributed by atoms with E-state index in [1.807, 2.05) is 6.07 Å². The molecule has 12 rings (SSSR count). The molecule has 7 heteroatoms. The van der Waals surface area contributed by atoms with E-state index >= 15 is 0 Å². The molecule has 0 unspecified atom stereocenters. The zero-order chi connectivity index (χ0) is 31.1. The number of pyridine rings is 1. The van der Waals surface area contributed by atoms with Gasteiger partial charge in [-0.3, -0.25) is 0 Å². The average Bonchev–Trinajstić information content (AvgIpc) is 3.48. The minimum absolute atomic E-state index is 0.756. The first-order chi connectivity index (χ1) is 23.8. The van der Waals surface area contributed by atoms with Crippen LogP contribution < -0.4 is 41.1 Å². The molecule has 8 aromatic rings. The zero-order valence-corrected chi connectivity index (χ0v) is 27.9. The third kappa shape index (κ3) is 3.16. The van der Waals surface area contributed by atoms with Crippen molar-refractivity contribution >= 4 is 93.8 Å². The quantitative estimate of drug-likeness (QED) is 0.221. The Labute approximate surface area is 284 Å². The number of fused-ring (bicyclic) bond motifs is 11. The minimum Gasteiger partial charge on any atom is -0.460 e. The van der Waals surface area contributed by atoms with Gasteiger partial charge in [-0.1, -0.05) is 98.2 Å². The molecule has 0 spiro atoms. The van der Waals surface area contributed by atoms with Crippen LogP contribution in [-0.2, 0) is 0 Å². The second-order valence-electron chi connectivity index (χ2n) is 13.0. The van der Waals surface area contributed by atoms with Gasteiger partial charge in [0.1, 0.15) is 17.2 Å². The van der Waals surface area contributed by atoms with Crippen molar-refractivity contribution in [3.63, 3.8) is 0 Å². The fourth-order valence-electron chi connectivity index (χ4n) is 8.87. The van der Waals surface area contributed by atoms with Crippen LogP contribution in [0, 0.1) is 0 Å². The number of ether oxygens (including phenoxy) is 2. The maximum absolute atomic E-state index is 6.81. The molecule has 220 valence electrons. The molecule has 0 aliphatic carbocycles. The SMILES string of the molecule is c1ccc(N2c3c[c]4c(n[c]3[Al]3[c]5c2cccc5-n2c5ccccc5c5ccc[c]3c52)Oc2cccc3[c]2[Al]4[c]2ccccc2O3)cc1. The normalized spacial score (nSPS) is 14.0. The van der Waals surface area contributed by atoms with E-state index in [4.69, 9.17) is 14.5 Å². The molecule has 4 aliphatic rings. The number of aromatic nitrogens is 2. The number of benzene rings is 6. The molecule has 0 atom stereocenters. The van der Waals surface area contributed by atoms with Crippen molar-refractivity contribution in [1.82, 2.24) is 9.55 Å². The summed E-state index contributed by atoms with van der Waals surface area (Å²) in [5.74, 6) is 3.48. The number of anilines is 3. The largest absolute Gasteiger partial charge is 0.460 e. The molecule has 0 bridgehead atoms. The number of hydrogen-bond acceptors (Lipinski definition) is 4. The third-order valence-corrected chi connectivity index (χ3v) is 17.2. The van der Waals surface area contributed by atoms with E-state index < -0.39 is 28.3 Å². The van der Waals surface area contributed by atoms with Gasteiger partial charge in [0, 0.05) is 37.9 Å². The van der Waals surface area contributed by atoms with Crippen molar-refractivity contribution in [2.45, 2.75) is 0 Å². The molecular weight excluding hydrogens is 620 g/mol. The summed E-state index contributed by atoms with van der Waals surface area (Å²) < 4.78 is 23.5. The highest BCUT2D eigenvalue weighted by molar-refractivity contribution is 7.01. The second kappa shape index (κ2) is 9.21. The molecule has 0 saturated heterocycles. The van der Waals surface area contributed by atoms with Crippen molar-refractivity contribution in [3.8, 4) is 28.8 Å². The Morgan fingerprint density at radius 3 is 2.15 bits per heavy atom. The van der Waals surface area contributed by atoms with Gasteiger partial charge in [-0.2, -0.15) is 0 Å². The lowest BCUT2D eigenvalue weighted by molar-refractivity contribution is 0.454. The molecule has 0 N–H and O–H groups in total. The molecule has 0 fully saturated rings. The lowest BCUT2D eigenvalue weighted by Crippen LogP contribution is -2.63. The molecule has 5 nitrogen and oxygen atoms in total. The van der Waals surface area contributed by atoms with E-state index in [0.29, 0.717) is 0 Å². The molecule has 0 amide bonds. The van der Waals surface area contributed by atoms with E-state index in [2.05, 4.69) is 143 Å². The number of rotatable bonds is 1. The highest BCUT2D eigenvalue weighted by Gasteiger charge is 2.48. The topological polar surface area (TPSA) is 39.5 Å². The van der Waals surface area contributed by atoms with Crippen LogP contribution in [0.2, 0.25) is 0 Å². The maximum atomic E-state index is 6.81. The smallest absolute Gasteiger partial charge is 0.425 e. The highest BCUT2D eigenvalue weighted by Crippen LogP contribution is 2.42. The summed E-state index contributed by atoms with van der Waals surface area (Å²) in [6, 6.07) is 50.6. The van der Waals surface area contributed by atoms with Crippen LogP contribution in [-0.4, -0.2) is 37.8 Å². The van der Waals surface area contributed by atoms with Gasteiger partial charge in [-0.05, 0) is 63.4 Å². The summed E-state index contributed by atoms with van der Waals surface area (Å²) in [6.07, 6.45) is 0. The first-order valence-corrected chi connectivity index (χ1v) is 19.9. The standard InChI is InChI=1S/C41H23N3O2.2Al/c1-3-13-30(14-4-1)43(31-15-11-16-32(27-31)44-39-23-9-7-21-37(39)38-22-8-10-24-40(38)44)33-25-26-41(42-29-33)46-36-20-12-19-35(28-36)45-34-17-5-2-6-18-34;;/h1-17,19-23,25H;;. The second-order valence-corrected chi connectivity index (χ2v) is 18.3. The fourth-order valence-corrected chi connectivity index (χ4v) is 15.7. The first kappa shape index (κ1) is 25.8. The van der Waals surface area contributed by atoms with E-state index in [9.17, 15) is 0 Å². The molecule has 48 heavy (non-hydrogen) atoms. The Hall–Kier alpha value is -5.27. The molecule has 0 saturated carbocycles. The van der Waals surface area contributed by atoms with Gasteiger partial charge >= 0.3 is 28.3 Å². The highest BCUT2D eigenvalue weighted by atomic mass is 27.2. The predicted molar refractivity (Wildman–Crippen MR) is 196 cm³/mol. The van der Waals surface area contributed by atoms with Gasteiger partial charge in [-0.25, -0.2) is 4.98 Å². The Morgan fingerprint density at radius 1 is 0.500 bits per heavy atom. The van der Waals surface area contributed by atoms with Crippen LogP contribution in [0.3, 0.4) is 0 Å². The van der Waals surface area contributed by atoms with Crippen LogP contribution in [0.15, 0.2) is 140 Å². The van der Waals surface area contributed by atoms with Gasteiger partial charge < -0.3 is 18.9 Å². The minimum atomic E-state index is -2.08. The van der Waals surface area contributed by atoms with E-state index in [-0.39, 0.29) is 0 Å². The Morgan fingerprint density at radius 2 is 1.21 bits per heavy atom.